The molecule has 144 valence electrons. The highest BCUT2D eigenvalue weighted by Gasteiger charge is 2.38. The van der Waals surface area contributed by atoms with E-state index in [1.165, 1.54) is 43.2 Å². The first kappa shape index (κ1) is 18.5. The van der Waals surface area contributed by atoms with Crippen molar-refractivity contribution in [2.24, 2.45) is 0 Å². The number of furan rings is 1. The van der Waals surface area contributed by atoms with Gasteiger partial charge in [-0.1, -0.05) is 36.2 Å². The topological polar surface area (TPSA) is 40.4 Å². The zero-order valence-corrected chi connectivity index (χ0v) is 16.8. The lowest BCUT2D eigenvalue weighted by Gasteiger charge is -2.49. The number of thiocarbonyl (C=S) groups is 1. The molecule has 2 aliphatic heterocycles. The predicted molar refractivity (Wildman–Crippen MR) is 112 cm³/mol. The van der Waals surface area contributed by atoms with E-state index in [0.29, 0.717) is 24.7 Å². The smallest absolute Gasteiger partial charge is 0.166 e. The molecule has 1 aromatic carbocycles. The summed E-state index contributed by atoms with van der Waals surface area (Å²) >= 11 is 5.51. The zero-order valence-electron chi connectivity index (χ0n) is 16.0. The van der Waals surface area contributed by atoms with Crippen molar-refractivity contribution in [1.29, 1.82) is 0 Å². The van der Waals surface area contributed by atoms with E-state index in [1.807, 2.05) is 12.1 Å². The number of benzene rings is 1. The molecule has 1 aromatic heterocycles. The normalized spacial score (nSPS) is 25.1. The molecule has 2 aliphatic rings. The van der Waals surface area contributed by atoms with Crippen LogP contribution in [0.3, 0.4) is 0 Å². The van der Waals surface area contributed by atoms with E-state index in [1.54, 1.807) is 6.26 Å². The molecular weight excluding hydrogens is 354 g/mol. The van der Waals surface area contributed by atoms with Crippen LogP contribution in [0.5, 0.6) is 0 Å². The van der Waals surface area contributed by atoms with Gasteiger partial charge in [-0.3, -0.25) is 4.90 Å². The lowest BCUT2D eigenvalue weighted by Crippen LogP contribution is -2.57. The summed E-state index contributed by atoms with van der Waals surface area (Å²) in [5.41, 5.74) is 2.76. The third kappa shape index (κ3) is 4.71. The van der Waals surface area contributed by atoms with E-state index in [4.69, 9.17) is 16.6 Å². The van der Waals surface area contributed by atoms with Gasteiger partial charge in [0.2, 0.25) is 0 Å². The van der Waals surface area contributed by atoms with Gasteiger partial charge in [-0.05, 0) is 62.5 Å². The molecule has 0 saturated carbocycles. The van der Waals surface area contributed by atoms with E-state index in [9.17, 15) is 0 Å². The molecular formula is C22H29N3OS. The second kappa shape index (κ2) is 8.44. The number of nitrogens with one attached hydrogen (secondary N) is 2. The maximum atomic E-state index is 5.51. The molecule has 2 bridgehead atoms. The van der Waals surface area contributed by atoms with Crippen molar-refractivity contribution in [3.63, 3.8) is 0 Å². The van der Waals surface area contributed by atoms with Gasteiger partial charge in [0.15, 0.2) is 5.11 Å². The van der Waals surface area contributed by atoms with Crippen LogP contribution in [0.25, 0.3) is 0 Å². The molecule has 2 fully saturated rings. The van der Waals surface area contributed by atoms with Gasteiger partial charge in [-0.2, -0.15) is 0 Å². The van der Waals surface area contributed by atoms with Gasteiger partial charge in [-0.15, -0.1) is 0 Å². The molecule has 2 saturated heterocycles. The van der Waals surface area contributed by atoms with Crippen molar-refractivity contribution in [3.05, 3.63) is 59.5 Å². The van der Waals surface area contributed by atoms with Crippen LogP contribution in [0.15, 0.2) is 47.1 Å². The standard InChI is InChI=1S/C22H29N3OS/c1-16-7-9-17(10-8-16)15-25-19-4-2-5-20(25)13-18(12-19)24-22(27)23-14-21-6-3-11-26-21/h3,6-11,18-20H,2,4-5,12-15H2,1H3,(H2,23,24,27)/t19-,20-/m1/s1. The first-order chi connectivity index (χ1) is 13.2. The minimum Gasteiger partial charge on any atom is -0.467 e. The van der Waals surface area contributed by atoms with Crippen LogP contribution in [0.2, 0.25) is 0 Å². The van der Waals surface area contributed by atoms with E-state index < -0.39 is 0 Å². The quantitative estimate of drug-likeness (QED) is 0.760. The average Bonchev–Trinajstić information content (AvgIpc) is 3.16. The molecule has 4 rings (SSSR count). The number of nitrogens with zero attached hydrogens (tertiary/aromatic N) is 1. The average molecular weight is 384 g/mol. The zero-order chi connectivity index (χ0) is 18.6. The van der Waals surface area contributed by atoms with Gasteiger partial charge in [0, 0.05) is 24.7 Å². The minimum absolute atomic E-state index is 0.464. The van der Waals surface area contributed by atoms with Crippen LogP contribution >= 0.6 is 12.2 Å². The van der Waals surface area contributed by atoms with E-state index in [-0.39, 0.29) is 0 Å². The van der Waals surface area contributed by atoms with Gasteiger partial charge in [0.1, 0.15) is 5.76 Å². The van der Waals surface area contributed by atoms with Gasteiger partial charge >= 0.3 is 0 Å². The van der Waals surface area contributed by atoms with Crippen molar-refractivity contribution in [2.75, 3.05) is 0 Å². The van der Waals surface area contributed by atoms with Crippen LogP contribution in [-0.4, -0.2) is 28.1 Å². The summed E-state index contributed by atoms with van der Waals surface area (Å²) in [5, 5.41) is 7.56. The molecule has 27 heavy (non-hydrogen) atoms. The fourth-order valence-electron chi connectivity index (χ4n) is 4.58. The number of fused-ring (bicyclic) bond motifs is 2. The maximum Gasteiger partial charge on any atom is 0.166 e. The SMILES string of the molecule is Cc1ccc(CN2[C@@H]3CCC[C@@H]2CC(NC(=S)NCc2ccco2)C3)cc1. The lowest BCUT2D eigenvalue weighted by atomic mass is 9.81. The van der Waals surface area contributed by atoms with E-state index in [2.05, 4.69) is 46.7 Å². The summed E-state index contributed by atoms with van der Waals surface area (Å²) < 4.78 is 5.36. The van der Waals surface area contributed by atoms with E-state index in [0.717, 1.165) is 17.4 Å². The lowest BCUT2D eigenvalue weighted by molar-refractivity contribution is 0.0210. The highest BCUT2D eigenvalue weighted by atomic mass is 32.1. The Morgan fingerprint density at radius 1 is 1.15 bits per heavy atom. The summed E-state index contributed by atoms with van der Waals surface area (Å²) in [7, 11) is 0. The maximum absolute atomic E-state index is 5.51. The summed E-state index contributed by atoms with van der Waals surface area (Å²) in [6.45, 7) is 3.86. The van der Waals surface area contributed by atoms with Gasteiger partial charge in [0.05, 0.1) is 12.8 Å². The molecule has 0 amide bonds. The van der Waals surface area contributed by atoms with Crippen molar-refractivity contribution in [3.8, 4) is 0 Å². The second-order valence-electron chi connectivity index (χ2n) is 7.97. The van der Waals surface area contributed by atoms with Gasteiger partial charge in [0.25, 0.3) is 0 Å². The Bertz CT molecular complexity index is 729. The molecule has 3 heterocycles. The Labute approximate surface area is 167 Å². The minimum atomic E-state index is 0.464. The second-order valence-corrected chi connectivity index (χ2v) is 8.38. The largest absolute Gasteiger partial charge is 0.467 e. The Balaban J connectivity index is 1.32. The highest BCUT2D eigenvalue weighted by molar-refractivity contribution is 7.80. The summed E-state index contributed by atoms with van der Waals surface area (Å²) in [6, 6.07) is 14.7. The van der Waals surface area contributed by atoms with Crippen LogP contribution in [0.4, 0.5) is 0 Å². The number of hydrogen-bond donors (Lipinski definition) is 2. The number of aryl methyl sites for hydroxylation is 1. The Morgan fingerprint density at radius 2 is 1.89 bits per heavy atom. The van der Waals surface area contributed by atoms with Crippen LogP contribution in [-0.2, 0) is 13.1 Å². The molecule has 4 nitrogen and oxygen atoms in total. The Hall–Kier alpha value is -1.85. The first-order valence-electron chi connectivity index (χ1n) is 10.1. The Morgan fingerprint density at radius 3 is 2.56 bits per heavy atom. The summed E-state index contributed by atoms with van der Waals surface area (Å²) in [6.07, 6.45) is 7.99. The monoisotopic (exact) mass is 383 g/mol. The molecule has 2 N–H and O–H groups in total. The van der Waals surface area contributed by atoms with Crippen molar-refractivity contribution in [2.45, 2.75) is 70.2 Å². The third-order valence-corrected chi connectivity index (χ3v) is 6.21. The third-order valence-electron chi connectivity index (χ3n) is 5.95. The van der Waals surface area contributed by atoms with Crippen molar-refractivity contribution >= 4 is 17.3 Å². The molecule has 0 aliphatic carbocycles. The molecule has 2 atom stereocenters. The molecule has 0 spiro atoms. The predicted octanol–water partition coefficient (Wildman–Crippen LogP) is 4.14. The summed E-state index contributed by atoms with van der Waals surface area (Å²) in [4.78, 5) is 2.74. The number of hydrogen-bond acceptors (Lipinski definition) is 3. The number of piperidine rings is 2. The molecule has 5 heteroatoms. The van der Waals surface area contributed by atoms with Crippen LogP contribution in [0, 0.1) is 6.92 Å². The van der Waals surface area contributed by atoms with Crippen LogP contribution in [0.1, 0.15) is 49.0 Å². The number of rotatable bonds is 5. The van der Waals surface area contributed by atoms with Gasteiger partial charge < -0.3 is 15.1 Å². The highest BCUT2D eigenvalue weighted by Crippen LogP contribution is 2.35. The van der Waals surface area contributed by atoms with Crippen molar-refractivity contribution < 1.29 is 4.42 Å². The Kier molecular flexibility index (Phi) is 5.79. The summed E-state index contributed by atoms with van der Waals surface area (Å²) in [5.74, 6) is 0.906. The van der Waals surface area contributed by atoms with Crippen molar-refractivity contribution in [1.82, 2.24) is 15.5 Å². The fourth-order valence-corrected chi connectivity index (χ4v) is 4.81. The first-order valence-corrected chi connectivity index (χ1v) is 10.5. The van der Waals surface area contributed by atoms with Gasteiger partial charge in [-0.25, -0.2) is 0 Å². The molecule has 0 radical (unpaired) electrons. The fraction of sp³-hybridized carbons (Fsp3) is 0.500. The van der Waals surface area contributed by atoms with E-state index >= 15 is 0 Å². The molecule has 2 aromatic rings. The molecule has 0 unspecified atom stereocenters. The van der Waals surface area contributed by atoms with Crippen LogP contribution < -0.4 is 10.6 Å².